The maximum absolute atomic E-state index is 9.93. The molecule has 0 aliphatic rings. The zero-order valence-corrected chi connectivity index (χ0v) is 10.5. The molecule has 2 N–H and O–H groups in total. The third kappa shape index (κ3) is 2.74. The summed E-state index contributed by atoms with van der Waals surface area (Å²) in [6, 6.07) is 10.4. The molecule has 0 saturated carbocycles. The van der Waals surface area contributed by atoms with Gasteiger partial charge < -0.3 is 14.9 Å². The van der Waals surface area contributed by atoms with Gasteiger partial charge in [-0.25, -0.2) is 0 Å². The Labute approximate surface area is 106 Å². The lowest BCUT2D eigenvalue weighted by molar-refractivity contribution is 0.297. The molecule has 2 rings (SSSR count). The summed E-state index contributed by atoms with van der Waals surface area (Å²) in [5, 5.41) is 19.2. The van der Waals surface area contributed by atoms with Crippen molar-refractivity contribution in [3.05, 3.63) is 53.1 Å². The van der Waals surface area contributed by atoms with Gasteiger partial charge in [0.2, 0.25) is 0 Å². The van der Waals surface area contributed by atoms with Gasteiger partial charge in [-0.2, -0.15) is 0 Å². The van der Waals surface area contributed by atoms with Crippen molar-refractivity contribution in [2.24, 2.45) is 0 Å². The molecule has 18 heavy (non-hydrogen) atoms. The Morgan fingerprint density at radius 2 is 1.83 bits per heavy atom. The monoisotopic (exact) mass is 244 g/mol. The molecule has 94 valence electrons. The Morgan fingerprint density at radius 3 is 2.56 bits per heavy atom. The molecule has 0 saturated heterocycles. The smallest absolute Gasteiger partial charge is 0.125 e. The first-order valence-electron chi connectivity index (χ1n) is 5.77. The Balaban J connectivity index is 2.15. The number of rotatable bonds is 3. The lowest BCUT2D eigenvalue weighted by Gasteiger charge is -2.11. The fourth-order valence-corrected chi connectivity index (χ4v) is 1.89. The molecule has 0 atom stereocenters. The molecule has 0 amide bonds. The van der Waals surface area contributed by atoms with E-state index in [0.717, 1.165) is 16.7 Å². The predicted molar refractivity (Wildman–Crippen MR) is 70.0 cm³/mol. The van der Waals surface area contributed by atoms with Gasteiger partial charge in [-0.05, 0) is 37.6 Å². The molecule has 0 aromatic heterocycles. The highest BCUT2D eigenvalue weighted by Gasteiger charge is 2.06. The van der Waals surface area contributed by atoms with E-state index >= 15 is 0 Å². The molecular weight excluding hydrogens is 228 g/mol. The van der Waals surface area contributed by atoms with Crippen LogP contribution in [-0.4, -0.2) is 10.2 Å². The van der Waals surface area contributed by atoms with Crippen LogP contribution in [0.1, 0.15) is 16.7 Å². The molecule has 0 aliphatic carbocycles. The normalized spacial score (nSPS) is 10.3. The Bertz CT molecular complexity index is 562. The average Bonchev–Trinajstić information content (AvgIpc) is 2.32. The topological polar surface area (TPSA) is 49.7 Å². The summed E-state index contributed by atoms with van der Waals surface area (Å²) in [5.41, 5.74) is 2.67. The molecule has 2 aromatic carbocycles. The number of aryl methyl sites for hydroxylation is 2. The van der Waals surface area contributed by atoms with Gasteiger partial charge in [0.1, 0.15) is 23.9 Å². The molecular formula is C15H16O3. The van der Waals surface area contributed by atoms with Gasteiger partial charge in [-0.3, -0.25) is 0 Å². The first-order chi connectivity index (χ1) is 8.56. The van der Waals surface area contributed by atoms with Crippen molar-refractivity contribution in [2.75, 3.05) is 0 Å². The zero-order chi connectivity index (χ0) is 13.1. The van der Waals surface area contributed by atoms with Crippen molar-refractivity contribution in [3.63, 3.8) is 0 Å². The van der Waals surface area contributed by atoms with E-state index in [1.807, 2.05) is 26.0 Å². The Kier molecular flexibility index (Phi) is 3.42. The average molecular weight is 244 g/mol. The van der Waals surface area contributed by atoms with Crippen LogP contribution in [-0.2, 0) is 6.61 Å². The van der Waals surface area contributed by atoms with Crippen LogP contribution in [0.5, 0.6) is 17.2 Å². The van der Waals surface area contributed by atoms with Crippen LogP contribution in [0, 0.1) is 13.8 Å². The highest BCUT2D eigenvalue weighted by Crippen LogP contribution is 2.26. The summed E-state index contributed by atoms with van der Waals surface area (Å²) in [4.78, 5) is 0. The largest absolute Gasteiger partial charge is 0.508 e. The third-order valence-corrected chi connectivity index (χ3v) is 2.74. The van der Waals surface area contributed by atoms with Crippen molar-refractivity contribution < 1.29 is 14.9 Å². The first-order valence-corrected chi connectivity index (χ1v) is 5.77. The van der Waals surface area contributed by atoms with Gasteiger partial charge in [0.05, 0.1) is 0 Å². The maximum atomic E-state index is 9.93. The predicted octanol–water partition coefficient (Wildman–Crippen LogP) is 3.29. The van der Waals surface area contributed by atoms with Gasteiger partial charge in [0, 0.05) is 11.6 Å². The van der Waals surface area contributed by atoms with Crippen LogP contribution in [0.2, 0.25) is 0 Å². The van der Waals surface area contributed by atoms with Gasteiger partial charge >= 0.3 is 0 Å². The van der Waals surface area contributed by atoms with Crippen molar-refractivity contribution >= 4 is 0 Å². The molecule has 3 heteroatoms. The second-order valence-corrected chi connectivity index (χ2v) is 4.38. The van der Waals surface area contributed by atoms with Crippen molar-refractivity contribution in [2.45, 2.75) is 20.5 Å². The Morgan fingerprint density at radius 1 is 1.06 bits per heavy atom. The molecule has 0 heterocycles. The quantitative estimate of drug-likeness (QED) is 0.871. The summed E-state index contributed by atoms with van der Waals surface area (Å²) in [7, 11) is 0. The van der Waals surface area contributed by atoms with E-state index in [2.05, 4.69) is 0 Å². The lowest BCUT2D eigenvalue weighted by Crippen LogP contribution is -1.97. The fourth-order valence-electron chi connectivity index (χ4n) is 1.89. The highest BCUT2D eigenvalue weighted by atomic mass is 16.5. The van der Waals surface area contributed by atoms with Gasteiger partial charge in [-0.15, -0.1) is 0 Å². The maximum Gasteiger partial charge on any atom is 0.125 e. The van der Waals surface area contributed by atoms with E-state index in [-0.39, 0.29) is 18.1 Å². The first kappa shape index (κ1) is 12.3. The number of benzene rings is 2. The van der Waals surface area contributed by atoms with Crippen LogP contribution in [0.25, 0.3) is 0 Å². The second-order valence-electron chi connectivity index (χ2n) is 4.38. The minimum atomic E-state index is 0.164. The summed E-state index contributed by atoms with van der Waals surface area (Å²) in [6.07, 6.45) is 0. The number of hydrogen-bond donors (Lipinski definition) is 2. The summed E-state index contributed by atoms with van der Waals surface area (Å²) in [6.45, 7) is 4.11. The number of aromatic hydroxyl groups is 2. The van der Waals surface area contributed by atoms with E-state index in [9.17, 15) is 10.2 Å². The molecule has 0 aliphatic heterocycles. The van der Waals surface area contributed by atoms with Crippen molar-refractivity contribution in [1.29, 1.82) is 0 Å². The van der Waals surface area contributed by atoms with Gasteiger partial charge in [0.15, 0.2) is 0 Å². The minimum absolute atomic E-state index is 0.164. The van der Waals surface area contributed by atoms with E-state index in [1.54, 1.807) is 24.3 Å². The SMILES string of the molecule is Cc1cc(C)c(O)c(COc2cccc(O)c2)c1. The molecule has 0 radical (unpaired) electrons. The summed E-state index contributed by atoms with van der Waals surface area (Å²) in [5.74, 6) is 1.01. The summed E-state index contributed by atoms with van der Waals surface area (Å²) >= 11 is 0. The fraction of sp³-hybridized carbons (Fsp3) is 0.200. The molecule has 0 bridgehead atoms. The van der Waals surface area contributed by atoms with E-state index < -0.39 is 0 Å². The van der Waals surface area contributed by atoms with Gasteiger partial charge in [0.25, 0.3) is 0 Å². The van der Waals surface area contributed by atoms with Crippen LogP contribution >= 0.6 is 0 Å². The number of phenolic OH excluding ortho intramolecular Hbond substituents is 2. The molecule has 3 nitrogen and oxygen atoms in total. The molecule has 2 aromatic rings. The zero-order valence-electron chi connectivity index (χ0n) is 10.5. The molecule has 0 unspecified atom stereocenters. The molecule has 0 spiro atoms. The van der Waals surface area contributed by atoms with E-state index in [1.165, 1.54) is 0 Å². The van der Waals surface area contributed by atoms with Crippen LogP contribution in [0.4, 0.5) is 0 Å². The third-order valence-electron chi connectivity index (χ3n) is 2.74. The summed E-state index contributed by atoms with van der Waals surface area (Å²) < 4.78 is 5.54. The van der Waals surface area contributed by atoms with Crippen molar-refractivity contribution in [1.82, 2.24) is 0 Å². The second kappa shape index (κ2) is 5.00. The Hall–Kier alpha value is -2.16. The van der Waals surface area contributed by atoms with E-state index in [4.69, 9.17) is 4.74 Å². The number of phenols is 2. The van der Waals surface area contributed by atoms with Crippen LogP contribution in [0.15, 0.2) is 36.4 Å². The highest BCUT2D eigenvalue weighted by molar-refractivity contribution is 5.42. The standard InChI is InChI=1S/C15H16O3/c1-10-6-11(2)15(17)12(7-10)9-18-14-5-3-4-13(16)8-14/h3-8,16-17H,9H2,1-2H3. The number of hydrogen-bond acceptors (Lipinski definition) is 3. The van der Waals surface area contributed by atoms with Crippen molar-refractivity contribution in [3.8, 4) is 17.2 Å². The van der Waals surface area contributed by atoms with Gasteiger partial charge in [-0.1, -0.05) is 17.7 Å². The lowest BCUT2D eigenvalue weighted by atomic mass is 10.1. The van der Waals surface area contributed by atoms with Crippen LogP contribution in [0.3, 0.4) is 0 Å². The minimum Gasteiger partial charge on any atom is -0.508 e. The number of ether oxygens (including phenoxy) is 1. The molecule has 0 fully saturated rings. The van der Waals surface area contributed by atoms with E-state index in [0.29, 0.717) is 5.75 Å². The van der Waals surface area contributed by atoms with Crippen LogP contribution < -0.4 is 4.74 Å².